The fraction of sp³-hybridized carbons (Fsp3) is 0.312. The lowest BCUT2D eigenvalue weighted by Crippen LogP contribution is -2.46. The van der Waals surface area contributed by atoms with Crippen molar-refractivity contribution in [1.82, 2.24) is 14.8 Å². The Morgan fingerprint density at radius 2 is 1.33 bits per heavy atom. The zero-order valence-corrected chi connectivity index (χ0v) is 12.6. The summed E-state index contributed by atoms with van der Waals surface area (Å²) in [5, 5.41) is 0. The van der Waals surface area contributed by atoms with Gasteiger partial charge in [-0.25, -0.2) is 4.98 Å². The molecule has 0 radical (unpaired) electrons. The molecule has 4 amide bonds. The summed E-state index contributed by atoms with van der Waals surface area (Å²) in [7, 11) is 0. The van der Waals surface area contributed by atoms with Crippen LogP contribution < -0.4 is 0 Å². The summed E-state index contributed by atoms with van der Waals surface area (Å²) in [6, 6.07) is 6.91. The number of benzene rings is 1. The predicted octanol–water partition coefficient (Wildman–Crippen LogP) is 1.12. The van der Waals surface area contributed by atoms with Crippen molar-refractivity contribution in [2.24, 2.45) is 0 Å². The summed E-state index contributed by atoms with van der Waals surface area (Å²) in [5.74, 6) is -1.79. The highest BCUT2D eigenvalue weighted by Crippen LogP contribution is 2.34. The fourth-order valence-corrected chi connectivity index (χ4v) is 3.07. The first-order valence-corrected chi connectivity index (χ1v) is 7.61. The predicted molar refractivity (Wildman–Crippen MR) is 78.9 cm³/mol. The van der Waals surface area contributed by atoms with Crippen molar-refractivity contribution < 1.29 is 23.6 Å². The van der Waals surface area contributed by atoms with Crippen LogP contribution in [0, 0.1) is 0 Å². The molecule has 24 heavy (non-hydrogen) atoms. The standard InChI is InChI=1S/C16H13N3O5/c20-11-5-6-12(21)18(11)16(19-13(22)7-8-14(19)23)15-17-9-3-1-2-4-10(9)24-15/h1-4,16H,5-8H2. The van der Waals surface area contributed by atoms with Gasteiger partial charge in [-0.15, -0.1) is 0 Å². The minimum Gasteiger partial charge on any atom is -0.436 e. The topological polar surface area (TPSA) is 101 Å². The molecule has 2 aliphatic heterocycles. The summed E-state index contributed by atoms with van der Waals surface area (Å²) in [4.78, 5) is 54.8. The zero-order valence-electron chi connectivity index (χ0n) is 12.6. The summed E-state index contributed by atoms with van der Waals surface area (Å²) >= 11 is 0. The van der Waals surface area contributed by atoms with Crippen molar-refractivity contribution in [3.05, 3.63) is 30.2 Å². The maximum Gasteiger partial charge on any atom is 0.240 e. The third kappa shape index (κ3) is 2.10. The highest BCUT2D eigenvalue weighted by Gasteiger charge is 2.47. The van der Waals surface area contributed by atoms with Gasteiger partial charge in [0.15, 0.2) is 11.7 Å². The number of para-hydroxylation sites is 2. The number of hydrogen-bond acceptors (Lipinski definition) is 6. The number of fused-ring (bicyclic) bond motifs is 1. The number of hydrogen-bond donors (Lipinski definition) is 0. The van der Waals surface area contributed by atoms with Crippen LogP contribution in [0.4, 0.5) is 0 Å². The lowest BCUT2D eigenvalue weighted by Gasteiger charge is -2.30. The third-order valence-electron chi connectivity index (χ3n) is 4.20. The number of imide groups is 2. The van der Waals surface area contributed by atoms with Crippen molar-refractivity contribution >= 4 is 34.7 Å². The Morgan fingerprint density at radius 3 is 1.83 bits per heavy atom. The average molecular weight is 327 g/mol. The van der Waals surface area contributed by atoms with Gasteiger partial charge in [-0.3, -0.25) is 29.0 Å². The average Bonchev–Trinajstić information content (AvgIpc) is 3.22. The Balaban J connectivity index is 1.86. The van der Waals surface area contributed by atoms with E-state index in [2.05, 4.69) is 4.98 Å². The van der Waals surface area contributed by atoms with E-state index in [0.29, 0.717) is 11.1 Å². The van der Waals surface area contributed by atoms with E-state index >= 15 is 0 Å². The number of carbonyl (C=O) groups is 4. The van der Waals surface area contributed by atoms with Gasteiger partial charge in [0, 0.05) is 25.7 Å². The number of rotatable bonds is 3. The van der Waals surface area contributed by atoms with Crippen LogP contribution >= 0.6 is 0 Å². The second-order valence-electron chi connectivity index (χ2n) is 5.71. The zero-order chi connectivity index (χ0) is 16.8. The molecule has 0 aliphatic carbocycles. The van der Waals surface area contributed by atoms with Gasteiger partial charge >= 0.3 is 0 Å². The van der Waals surface area contributed by atoms with Gasteiger partial charge in [-0.1, -0.05) is 12.1 Å². The van der Waals surface area contributed by atoms with Crippen LogP contribution in [0.2, 0.25) is 0 Å². The molecule has 0 spiro atoms. The first kappa shape index (κ1) is 14.6. The number of aromatic nitrogens is 1. The maximum absolute atomic E-state index is 12.2. The van der Waals surface area contributed by atoms with E-state index in [-0.39, 0.29) is 31.6 Å². The normalized spacial score (nSPS) is 18.7. The number of likely N-dealkylation sites (tertiary alicyclic amines) is 2. The Morgan fingerprint density at radius 1 is 0.833 bits per heavy atom. The molecule has 122 valence electrons. The summed E-state index contributed by atoms with van der Waals surface area (Å²) < 4.78 is 5.64. The minimum absolute atomic E-state index is 0.0107. The molecule has 2 saturated heterocycles. The van der Waals surface area contributed by atoms with Gasteiger partial charge in [0.05, 0.1) is 0 Å². The van der Waals surface area contributed by atoms with Gasteiger partial charge in [0.1, 0.15) is 5.52 Å². The lowest BCUT2D eigenvalue weighted by atomic mass is 10.3. The maximum atomic E-state index is 12.2. The molecule has 0 unspecified atom stereocenters. The van der Waals surface area contributed by atoms with Gasteiger partial charge < -0.3 is 4.42 Å². The fourth-order valence-electron chi connectivity index (χ4n) is 3.07. The molecule has 3 heterocycles. The number of nitrogens with zero attached hydrogens (tertiary/aromatic N) is 3. The van der Waals surface area contributed by atoms with E-state index in [1.54, 1.807) is 24.3 Å². The second-order valence-corrected chi connectivity index (χ2v) is 5.71. The van der Waals surface area contributed by atoms with Gasteiger partial charge in [-0.2, -0.15) is 0 Å². The largest absolute Gasteiger partial charge is 0.436 e. The van der Waals surface area contributed by atoms with Crippen LogP contribution in [0.3, 0.4) is 0 Å². The SMILES string of the molecule is O=C1CCC(=O)N1C(c1nc2ccccc2o1)N1C(=O)CCC1=O. The van der Waals surface area contributed by atoms with Gasteiger partial charge in [0.2, 0.25) is 29.5 Å². The Kier molecular flexibility index (Phi) is 3.19. The molecule has 1 aromatic carbocycles. The molecule has 2 fully saturated rings. The molecule has 0 atom stereocenters. The number of amides is 4. The van der Waals surface area contributed by atoms with Crippen molar-refractivity contribution in [3.8, 4) is 0 Å². The van der Waals surface area contributed by atoms with Crippen LogP contribution in [-0.2, 0) is 19.2 Å². The quantitative estimate of drug-likeness (QED) is 0.783. The van der Waals surface area contributed by atoms with Crippen molar-refractivity contribution in [2.75, 3.05) is 0 Å². The summed E-state index contributed by atoms with van der Waals surface area (Å²) in [6.45, 7) is 0. The molecule has 0 saturated carbocycles. The van der Waals surface area contributed by atoms with E-state index in [4.69, 9.17) is 4.42 Å². The van der Waals surface area contributed by atoms with Crippen LogP contribution in [-0.4, -0.2) is 38.4 Å². The molecular weight excluding hydrogens is 314 g/mol. The van der Waals surface area contributed by atoms with Crippen molar-refractivity contribution in [3.63, 3.8) is 0 Å². The van der Waals surface area contributed by atoms with E-state index < -0.39 is 29.8 Å². The Bertz CT molecular complexity index is 786. The van der Waals surface area contributed by atoms with Crippen LogP contribution in [0.25, 0.3) is 11.1 Å². The van der Waals surface area contributed by atoms with Crippen molar-refractivity contribution in [1.29, 1.82) is 0 Å². The molecule has 8 heteroatoms. The highest BCUT2D eigenvalue weighted by molar-refractivity contribution is 6.06. The Labute approximate surface area is 136 Å². The van der Waals surface area contributed by atoms with Gasteiger partial charge in [-0.05, 0) is 12.1 Å². The van der Waals surface area contributed by atoms with E-state index in [0.717, 1.165) is 9.80 Å². The monoisotopic (exact) mass is 327 g/mol. The molecule has 8 nitrogen and oxygen atoms in total. The molecule has 0 N–H and O–H groups in total. The minimum atomic E-state index is -1.25. The smallest absolute Gasteiger partial charge is 0.240 e. The lowest BCUT2D eigenvalue weighted by molar-refractivity contribution is -0.155. The molecule has 0 bridgehead atoms. The molecule has 2 aliphatic rings. The van der Waals surface area contributed by atoms with Crippen molar-refractivity contribution in [2.45, 2.75) is 31.8 Å². The van der Waals surface area contributed by atoms with Gasteiger partial charge in [0.25, 0.3) is 0 Å². The Hall–Kier alpha value is -3.03. The van der Waals surface area contributed by atoms with E-state index in [1.165, 1.54) is 0 Å². The molecular formula is C16H13N3O5. The molecule has 2 aromatic rings. The first-order valence-electron chi connectivity index (χ1n) is 7.61. The van der Waals surface area contributed by atoms with Crippen LogP contribution in [0.15, 0.2) is 28.7 Å². The second kappa shape index (κ2) is 5.26. The van der Waals surface area contributed by atoms with Crippen LogP contribution in [0.5, 0.6) is 0 Å². The summed E-state index contributed by atoms with van der Waals surface area (Å²) in [6.07, 6.45) is -1.06. The summed E-state index contributed by atoms with van der Waals surface area (Å²) in [5.41, 5.74) is 0.978. The highest BCUT2D eigenvalue weighted by atomic mass is 16.4. The molecule has 4 rings (SSSR count). The van der Waals surface area contributed by atoms with E-state index in [1.807, 2.05) is 0 Å². The van der Waals surface area contributed by atoms with E-state index in [9.17, 15) is 19.2 Å². The van der Waals surface area contributed by atoms with Crippen LogP contribution in [0.1, 0.15) is 37.7 Å². The first-order chi connectivity index (χ1) is 11.6. The third-order valence-corrected chi connectivity index (χ3v) is 4.20. The molecule has 1 aromatic heterocycles. The number of carbonyl (C=O) groups excluding carboxylic acids is 4. The number of oxazole rings is 1.